The van der Waals surface area contributed by atoms with E-state index in [4.69, 9.17) is 0 Å². The zero-order chi connectivity index (χ0) is 14.7. The molecule has 1 amide bonds. The molecule has 1 aromatic rings. The average molecular weight is 294 g/mol. The number of rotatable bonds is 2. The minimum absolute atomic E-state index is 0.0807. The fourth-order valence-electron chi connectivity index (χ4n) is 1.36. The van der Waals surface area contributed by atoms with E-state index in [1.165, 1.54) is 13.2 Å². The Morgan fingerprint density at radius 2 is 2.25 bits per heavy atom. The van der Waals surface area contributed by atoms with E-state index in [9.17, 15) is 14.4 Å². The van der Waals surface area contributed by atoms with Gasteiger partial charge in [-0.25, -0.2) is 9.78 Å². The number of H-pyrrole nitrogens is 1. The molecule has 2 rings (SSSR count). The van der Waals surface area contributed by atoms with Gasteiger partial charge in [0.05, 0.1) is 12.0 Å². The molecule has 104 valence electrons. The van der Waals surface area contributed by atoms with Crippen LogP contribution in [0.25, 0.3) is 0 Å². The molecule has 0 aromatic carbocycles. The van der Waals surface area contributed by atoms with E-state index in [-0.39, 0.29) is 21.6 Å². The number of aliphatic imine (C=N–C) groups is 1. The summed E-state index contributed by atoms with van der Waals surface area (Å²) in [5.74, 6) is -1.02. The predicted octanol–water partition coefficient (Wildman–Crippen LogP) is -0.0143. The lowest BCUT2D eigenvalue weighted by atomic mass is 10.4. The molecular weight excluding hydrogens is 284 g/mol. The van der Waals surface area contributed by atoms with Crippen molar-refractivity contribution < 1.29 is 14.3 Å². The Hall–Kier alpha value is -2.42. The third kappa shape index (κ3) is 3.32. The summed E-state index contributed by atoms with van der Waals surface area (Å²) in [7, 11) is 1.22. The highest BCUT2D eigenvalue weighted by molar-refractivity contribution is 8.18. The summed E-state index contributed by atoms with van der Waals surface area (Å²) >= 11 is 0.957. The molecule has 0 aliphatic carbocycles. The Labute approximate surface area is 117 Å². The quantitative estimate of drug-likeness (QED) is 0.585. The molecule has 9 heteroatoms. The smallest absolute Gasteiger partial charge is 0.331 e. The minimum atomic E-state index is -0.633. The van der Waals surface area contributed by atoms with E-state index in [1.807, 2.05) is 0 Å². The maximum atomic E-state index is 11.6. The topological polar surface area (TPSA) is 114 Å². The number of carbonyl (C=O) groups excluding carboxylic acids is 2. The molecule has 1 fully saturated rings. The summed E-state index contributed by atoms with van der Waals surface area (Å²) < 4.78 is 4.44. The number of aryl methyl sites for hydroxylation is 1. The van der Waals surface area contributed by atoms with Crippen LogP contribution in [-0.2, 0) is 14.3 Å². The van der Waals surface area contributed by atoms with Crippen LogP contribution in [0.3, 0.4) is 0 Å². The monoisotopic (exact) mass is 294 g/mol. The number of hydrogen-bond acceptors (Lipinski definition) is 7. The number of ether oxygens (including phenoxy) is 1. The molecule has 0 atom stereocenters. The number of carbonyl (C=O) groups is 2. The summed E-state index contributed by atoms with van der Waals surface area (Å²) in [4.78, 5) is 44.5. The molecule has 0 unspecified atom stereocenters. The number of esters is 1. The lowest BCUT2D eigenvalue weighted by Gasteiger charge is -1.96. The second-order valence-corrected chi connectivity index (χ2v) is 4.75. The van der Waals surface area contributed by atoms with E-state index < -0.39 is 11.9 Å². The summed E-state index contributed by atoms with van der Waals surface area (Å²) in [5.41, 5.74) is 0.171. The van der Waals surface area contributed by atoms with Crippen molar-refractivity contribution in [1.82, 2.24) is 15.3 Å². The minimum Gasteiger partial charge on any atom is -0.466 e. The largest absolute Gasteiger partial charge is 0.466 e. The van der Waals surface area contributed by atoms with Gasteiger partial charge in [0, 0.05) is 17.8 Å². The van der Waals surface area contributed by atoms with Gasteiger partial charge in [-0.3, -0.25) is 14.6 Å². The van der Waals surface area contributed by atoms with Crippen LogP contribution in [-0.4, -0.2) is 34.1 Å². The van der Waals surface area contributed by atoms with Crippen LogP contribution < -0.4 is 10.9 Å². The molecule has 0 spiro atoms. The Morgan fingerprint density at radius 3 is 2.90 bits per heavy atom. The zero-order valence-corrected chi connectivity index (χ0v) is 11.4. The van der Waals surface area contributed by atoms with Gasteiger partial charge in [-0.15, -0.1) is 0 Å². The van der Waals surface area contributed by atoms with Gasteiger partial charge < -0.3 is 10.1 Å². The Bertz CT molecular complexity index is 692. The highest BCUT2D eigenvalue weighted by Gasteiger charge is 2.25. The first-order chi connectivity index (χ1) is 9.47. The van der Waals surface area contributed by atoms with Gasteiger partial charge in [0.1, 0.15) is 0 Å². The molecule has 1 aromatic heterocycles. The fraction of sp³-hybridized carbons (Fsp3) is 0.182. The van der Waals surface area contributed by atoms with E-state index in [0.29, 0.717) is 5.69 Å². The molecule has 0 bridgehead atoms. The van der Waals surface area contributed by atoms with Gasteiger partial charge >= 0.3 is 5.97 Å². The van der Waals surface area contributed by atoms with Crippen LogP contribution >= 0.6 is 11.8 Å². The summed E-state index contributed by atoms with van der Waals surface area (Å²) in [6.07, 6.45) is 1.06. The van der Waals surface area contributed by atoms with Gasteiger partial charge in [-0.05, 0) is 18.7 Å². The Balaban J connectivity index is 2.25. The molecule has 2 heterocycles. The van der Waals surface area contributed by atoms with Gasteiger partial charge in [-0.1, -0.05) is 0 Å². The van der Waals surface area contributed by atoms with Crippen LogP contribution in [0.15, 0.2) is 26.8 Å². The molecule has 2 N–H and O–H groups in total. The van der Waals surface area contributed by atoms with Crippen molar-refractivity contribution >= 4 is 34.8 Å². The zero-order valence-electron chi connectivity index (χ0n) is 10.6. The van der Waals surface area contributed by atoms with E-state index in [2.05, 4.69) is 25.0 Å². The third-order valence-corrected chi connectivity index (χ3v) is 3.08. The lowest BCUT2D eigenvalue weighted by Crippen LogP contribution is -2.20. The van der Waals surface area contributed by atoms with Gasteiger partial charge in [-0.2, -0.15) is 4.99 Å². The van der Waals surface area contributed by atoms with Crippen molar-refractivity contribution in [2.45, 2.75) is 6.92 Å². The Kier molecular flexibility index (Phi) is 3.99. The number of thioether (sulfide) groups is 1. The van der Waals surface area contributed by atoms with Gasteiger partial charge in [0.25, 0.3) is 11.5 Å². The maximum absolute atomic E-state index is 11.6. The normalized spacial score (nSPS) is 18.4. The van der Waals surface area contributed by atoms with Gasteiger partial charge in [0.2, 0.25) is 5.95 Å². The second-order valence-electron chi connectivity index (χ2n) is 3.72. The average Bonchev–Trinajstić information content (AvgIpc) is 2.68. The first-order valence-corrected chi connectivity index (χ1v) is 6.25. The summed E-state index contributed by atoms with van der Waals surface area (Å²) in [6, 6.07) is 1.33. The number of aromatic nitrogens is 2. The molecular formula is C11H10N4O4S. The van der Waals surface area contributed by atoms with Crippen LogP contribution in [0, 0.1) is 6.92 Å². The van der Waals surface area contributed by atoms with Crippen molar-refractivity contribution in [3.63, 3.8) is 0 Å². The highest BCUT2D eigenvalue weighted by Crippen LogP contribution is 2.24. The summed E-state index contributed by atoms with van der Waals surface area (Å²) in [6.45, 7) is 1.65. The van der Waals surface area contributed by atoms with Crippen LogP contribution in [0.1, 0.15) is 5.69 Å². The molecule has 1 aliphatic rings. The Morgan fingerprint density at radius 1 is 1.50 bits per heavy atom. The number of aromatic amines is 1. The third-order valence-electron chi connectivity index (χ3n) is 2.17. The molecule has 20 heavy (non-hydrogen) atoms. The van der Waals surface area contributed by atoms with Crippen molar-refractivity contribution in [1.29, 1.82) is 0 Å². The second kappa shape index (κ2) is 5.70. The maximum Gasteiger partial charge on any atom is 0.331 e. The van der Waals surface area contributed by atoms with Crippen LogP contribution in [0.4, 0.5) is 5.95 Å². The first-order valence-electron chi connectivity index (χ1n) is 5.43. The standard InChI is InChI=1S/C11H10N4O4S/c1-5-3-7(16)13-10(12-5)15-11-14-9(18)6(20-11)4-8(17)19-2/h3-4H,1-2H3,(H2,12,13,14,15,16,18). The van der Waals surface area contributed by atoms with Crippen molar-refractivity contribution in [2.24, 2.45) is 4.99 Å². The predicted molar refractivity (Wildman–Crippen MR) is 72.5 cm³/mol. The molecule has 0 saturated carbocycles. The molecule has 8 nitrogen and oxygen atoms in total. The van der Waals surface area contributed by atoms with Crippen LogP contribution in [0.5, 0.6) is 0 Å². The first kappa shape index (κ1) is 14.0. The summed E-state index contributed by atoms with van der Waals surface area (Å²) in [5, 5.41) is 2.68. The van der Waals surface area contributed by atoms with E-state index in [0.717, 1.165) is 17.8 Å². The molecule has 0 radical (unpaired) electrons. The number of amides is 1. The number of hydrogen-bond donors (Lipinski definition) is 2. The number of amidine groups is 1. The van der Waals surface area contributed by atoms with Crippen molar-refractivity contribution in [3.8, 4) is 0 Å². The van der Waals surface area contributed by atoms with Gasteiger partial charge in [0.15, 0.2) is 5.17 Å². The van der Waals surface area contributed by atoms with Crippen LogP contribution in [0.2, 0.25) is 0 Å². The van der Waals surface area contributed by atoms with E-state index >= 15 is 0 Å². The van der Waals surface area contributed by atoms with E-state index in [1.54, 1.807) is 6.92 Å². The number of nitrogens with zero attached hydrogens (tertiary/aromatic N) is 2. The molecule has 1 aliphatic heterocycles. The number of methoxy groups -OCH3 is 1. The molecule has 1 saturated heterocycles. The SMILES string of the molecule is COC(=O)C=C1SC(=Nc2nc(C)cc(=O)[nH]2)NC1=O. The van der Waals surface area contributed by atoms with Crippen molar-refractivity contribution in [2.75, 3.05) is 7.11 Å². The fourth-order valence-corrected chi connectivity index (χ4v) is 2.14. The van der Waals surface area contributed by atoms with Crippen molar-refractivity contribution in [3.05, 3.63) is 33.1 Å². The number of nitrogens with one attached hydrogen (secondary N) is 2. The lowest BCUT2D eigenvalue weighted by molar-refractivity contribution is -0.135. The highest BCUT2D eigenvalue weighted by atomic mass is 32.2.